The van der Waals surface area contributed by atoms with E-state index in [1.165, 1.54) is 89.3 Å². The van der Waals surface area contributed by atoms with Crippen LogP contribution in [0.5, 0.6) is 0 Å². The predicted molar refractivity (Wildman–Crippen MR) is 233 cm³/mol. The van der Waals surface area contributed by atoms with Gasteiger partial charge >= 0.3 is 0 Å². The van der Waals surface area contributed by atoms with Gasteiger partial charge in [-0.25, -0.2) is 0 Å². The molecule has 0 fully saturated rings. The Morgan fingerprint density at radius 2 is 1.19 bits per heavy atom. The molecule has 270 valence electrons. The van der Waals surface area contributed by atoms with Gasteiger partial charge in [0.2, 0.25) is 0 Å². The van der Waals surface area contributed by atoms with Crippen LogP contribution in [0.2, 0.25) is 0 Å². The standard InChI is InChI=1S/C53H53N/c1-37-20-29-53(42(6)30-37)54(50-27-23-43(24-28-50)34-51(46-16-9-7-10-17-46)48-25-21-38(2)40(4)31-48)36-45-15-13-14-44(33-45)35-52(47-18-11-8-12-19-47)49-26-22-39(3)41(5)32-49/h7-14,16-23,25-27,29-35,45H,15,24,28,36H2,1-6H3/b51-34-,52-35-. The molecule has 1 nitrogen and oxygen atoms in total. The summed E-state index contributed by atoms with van der Waals surface area (Å²) in [5, 5.41) is 0. The van der Waals surface area contributed by atoms with Gasteiger partial charge in [0, 0.05) is 17.9 Å². The van der Waals surface area contributed by atoms with Crippen molar-refractivity contribution >= 4 is 16.8 Å². The fourth-order valence-corrected chi connectivity index (χ4v) is 7.77. The molecule has 0 amide bonds. The Balaban J connectivity index is 1.23. The van der Waals surface area contributed by atoms with E-state index < -0.39 is 0 Å². The largest absolute Gasteiger partial charge is 0.344 e. The van der Waals surface area contributed by atoms with Crippen molar-refractivity contribution in [3.05, 3.63) is 230 Å². The minimum absolute atomic E-state index is 0.374. The molecule has 0 saturated carbocycles. The average Bonchev–Trinajstić information content (AvgIpc) is 3.19. The number of allylic oxidation sites excluding steroid dienone is 9. The van der Waals surface area contributed by atoms with Gasteiger partial charge in [-0.15, -0.1) is 0 Å². The zero-order valence-corrected chi connectivity index (χ0v) is 32.9. The van der Waals surface area contributed by atoms with Crippen LogP contribution in [0.4, 0.5) is 5.69 Å². The summed E-state index contributed by atoms with van der Waals surface area (Å²) < 4.78 is 0. The zero-order valence-electron chi connectivity index (χ0n) is 32.9. The van der Waals surface area contributed by atoms with Crippen molar-refractivity contribution in [2.24, 2.45) is 5.92 Å². The van der Waals surface area contributed by atoms with Crippen molar-refractivity contribution in [2.45, 2.75) is 60.8 Å². The lowest BCUT2D eigenvalue weighted by Gasteiger charge is -2.34. The lowest BCUT2D eigenvalue weighted by atomic mass is 9.89. The minimum Gasteiger partial charge on any atom is -0.344 e. The van der Waals surface area contributed by atoms with Crippen LogP contribution in [-0.4, -0.2) is 6.54 Å². The molecule has 54 heavy (non-hydrogen) atoms. The van der Waals surface area contributed by atoms with Gasteiger partial charge in [0.25, 0.3) is 0 Å². The van der Waals surface area contributed by atoms with E-state index in [1.807, 2.05) is 0 Å². The second kappa shape index (κ2) is 16.6. The van der Waals surface area contributed by atoms with Gasteiger partial charge in [-0.3, -0.25) is 0 Å². The number of nitrogens with zero attached hydrogens (tertiary/aromatic N) is 1. The van der Waals surface area contributed by atoms with E-state index in [2.05, 4.69) is 204 Å². The molecule has 1 atom stereocenters. The van der Waals surface area contributed by atoms with Gasteiger partial charge < -0.3 is 4.90 Å². The summed E-state index contributed by atoms with van der Waals surface area (Å²) in [6, 6.07) is 42.3. The summed E-state index contributed by atoms with van der Waals surface area (Å²) in [4.78, 5) is 2.61. The first-order valence-electron chi connectivity index (χ1n) is 19.5. The third kappa shape index (κ3) is 8.58. The highest BCUT2D eigenvalue weighted by Crippen LogP contribution is 2.35. The number of hydrogen-bond acceptors (Lipinski definition) is 1. The fourth-order valence-electron chi connectivity index (χ4n) is 7.77. The maximum absolute atomic E-state index is 2.61. The molecule has 1 heteroatoms. The second-order valence-electron chi connectivity index (χ2n) is 15.3. The monoisotopic (exact) mass is 703 g/mol. The molecule has 5 aromatic carbocycles. The lowest BCUT2D eigenvalue weighted by Crippen LogP contribution is -2.30. The van der Waals surface area contributed by atoms with Crippen LogP contribution in [-0.2, 0) is 0 Å². The van der Waals surface area contributed by atoms with E-state index >= 15 is 0 Å². The summed E-state index contributed by atoms with van der Waals surface area (Å²) in [6.07, 6.45) is 19.8. The van der Waals surface area contributed by atoms with Crippen LogP contribution in [0.15, 0.2) is 175 Å². The van der Waals surface area contributed by atoms with E-state index in [4.69, 9.17) is 0 Å². The molecule has 0 saturated heterocycles. The first kappa shape index (κ1) is 36.7. The van der Waals surface area contributed by atoms with Crippen molar-refractivity contribution in [3.63, 3.8) is 0 Å². The Hall–Kier alpha value is -5.66. The van der Waals surface area contributed by atoms with Gasteiger partial charge in [0.15, 0.2) is 0 Å². The summed E-state index contributed by atoms with van der Waals surface area (Å²) in [5.41, 5.74) is 20.8. The lowest BCUT2D eigenvalue weighted by molar-refractivity contribution is 0.631. The minimum atomic E-state index is 0.374. The van der Waals surface area contributed by atoms with Crippen LogP contribution in [0, 0.1) is 47.5 Å². The molecule has 2 aliphatic rings. The number of rotatable bonds is 10. The van der Waals surface area contributed by atoms with Crippen LogP contribution < -0.4 is 4.90 Å². The zero-order chi connectivity index (χ0) is 37.6. The maximum atomic E-state index is 2.61. The summed E-state index contributed by atoms with van der Waals surface area (Å²) in [6.45, 7) is 14.2. The molecule has 5 aromatic rings. The van der Waals surface area contributed by atoms with E-state index in [0.29, 0.717) is 5.92 Å². The molecule has 0 radical (unpaired) electrons. The highest BCUT2D eigenvalue weighted by atomic mass is 15.1. The van der Waals surface area contributed by atoms with Crippen molar-refractivity contribution in [1.82, 2.24) is 0 Å². The van der Waals surface area contributed by atoms with Gasteiger partial charge in [-0.05, 0) is 157 Å². The molecular weight excluding hydrogens is 651 g/mol. The molecule has 2 aliphatic carbocycles. The number of anilines is 1. The van der Waals surface area contributed by atoms with Gasteiger partial charge in [-0.1, -0.05) is 145 Å². The molecule has 0 heterocycles. The van der Waals surface area contributed by atoms with Crippen molar-refractivity contribution < 1.29 is 0 Å². The second-order valence-corrected chi connectivity index (χ2v) is 15.3. The Morgan fingerprint density at radius 1 is 0.574 bits per heavy atom. The van der Waals surface area contributed by atoms with Crippen molar-refractivity contribution in [2.75, 3.05) is 11.4 Å². The topological polar surface area (TPSA) is 3.24 Å². The van der Waals surface area contributed by atoms with E-state index in [-0.39, 0.29) is 0 Å². The molecule has 0 aromatic heterocycles. The Labute approximate surface area is 324 Å². The fraction of sp³-hybridized carbons (Fsp3) is 0.208. The molecule has 0 aliphatic heterocycles. The molecular formula is C53H53N. The van der Waals surface area contributed by atoms with E-state index in [9.17, 15) is 0 Å². The van der Waals surface area contributed by atoms with Crippen LogP contribution in [0.3, 0.4) is 0 Å². The predicted octanol–water partition coefficient (Wildman–Crippen LogP) is 13.7. The van der Waals surface area contributed by atoms with Gasteiger partial charge in [-0.2, -0.15) is 0 Å². The van der Waals surface area contributed by atoms with E-state index in [0.717, 1.165) is 25.8 Å². The SMILES string of the molecule is Cc1ccc(N(CC2C=C(/C=C(/c3ccccc3)c3ccc(C)c(C)c3)C=CC2)C2=CC=C(/C=C(/c3ccccc3)c3ccc(C)c(C)c3)CC2)c(C)c1. The van der Waals surface area contributed by atoms with Gasteiger partial charge in [0.1, 0.15) is 0 Å². The molecule has 0 bridgehead atoms. The van der Waals surface area contributed by atoms with Crippen molar-refractivity contribution in [3.8, 4) is 0 Å². The number of hydrogen-bond donors (Lipinski definition) is 0. The van der Waals surface area contributed by atoms with Crippen LogP contribution >= 0.6 is 0 Å². The first-order valence-corrected chi connectivity index (χ1v) is 19.5. The highest BCUT2D eigenvalue weighted by Gasteiger charge is 2.22. The normalized spacial score (nSPS) is 16.1. The molecule has 0 spiro atoms. The average molecular weight is 704 g/mol. The first-order chi connectivity index (χ1) is 26.2. The molecule has 0 N–H and O–H groups in total. The summed E-state index contributed by atoms with van der Waals surface area (Å²) in [5.74, 6) is 0.374. The van der Waals surface area contributed by atoms with Crippen molar-refractivity contribution in [1.29, 1.82) is 0 Å². The highest BCUT2D eigenvalue weighted by molar-refractivity contribution is 5.83. The summed E-state index contributed by atoms with van der Waals surface area (Å²) >= 11 is 0. The number of benzene rings is 5. The Kier molecular flexibility index (Phi) is 11.3. The molecule has 7 rings (SSSR count). The maximum Gasteiger partial charge on any atom is 0.0438 e. The van der Waals surface area contributed by atoms with Gasteiger partial charge in [0.05, 0.1) is 0 Å². The van der Waals surface area contributed by atoms with Crippen LogP contribution in [0.25, 0.3) is 11.1 Å². The smallest absolute Gasteiger partial charge is 0.0438 e. The quantitative estimate of drug-likeness (QED) is 0.140. The number of aryl methyl sites for hydroxylation is 6. The van der Waals surface area contributed by atoms with Crippen LogP contribution in [0.1, 0.15) is 74.9 Å². The molecule has 1 unspecified atom stereocenters. The third-order valence-electron chi connectivity index (χ3n) is 11.2. The Bertz CT molecular complexity index is 2320. The Morgan fingerprint density at radius 3 is 1.74 bits per heavy atom. The third-order valence-corrected chi connectivity index (χ3v) is 11.2. The summed E-state index contributed by atoms with van der Waals surface area (Å²) in [7, 11) is 0. The van der Waals surface area contributed by atoms with E-state index in [1.54, 1.807) is 0 Å².